The van der Waals surface area contributed by atoms with Crippen molar-refractivity contribution in [3.8, 4) is 0 Å². The summed E-state index contributed by atoms with van der Waals surface area (Å²) in [6.07, 6.45) is 0. The molecule has 1 N–H and O–H groups in total. The van der Waals surface area contributed by atoms with E-state index >= 15 is 0 Å². The average Bonchev–Trinajstić information content (AvgIpc) is 2.84. The topological polar surface area (TPSA) is 93.5 Å². The zero-order valence-electron chi connectivity index (χ0n) is 13.3. The van der Waals surface area contributed by atoms with Crippen LogP contribution in [0.4, 0.5) is 5.82 Å². The van der Waals surface area contributed by atoms with E-state index in [9.17, 15) is 13.2 Å². The summed E-state index contributed by atoms with van der Waals surface area (Å²) < 4.78 is 26.4. The van der Waals surface area contributed by atoms with Gasteiger partial charge in [0, 0.05) is 25.7 Å². The van der Waals surface area contributed by atoms with E-state index in [0.717, 1.165) is 10.2 Å². The first-order chi connectivity index (χ1) is 10.8. The van der Waals surface area contributed by atoms with Gasteiger partial charge in [-0.1, -0.05) is 4.47 Å². The van der Waals surface area contributed by atoms with Crippen molar-refractivity contribution in [1.29, 1.82) is 0 Å². The van der Waals surface area contributed by atoms with Crippen molar-refractivity contribution in [2.24, 2.45) is 7.05 Å². The van der Waals surface area contributed by atoms with Crippen LogP contribution in [-0.2, 0) is 21.9 Å². The van der Waals surface area contributed by atoms with E-state index in [2.05, 4.69) is 10.4 Å². The normalized spacial score (nSPS) is 11.7. The summed E-state index contributed by atoms with van der Waals surface area (Å²) in [6.45, 7) is 1.82. The van der Waals surface area contributed by atoms with Gasteiger partial charge in [0.25, 0.3) is 15.9 Å². The number of hydrogen-bond donors (Lipinski definition) is 1. The molecule has 124 valence electrons. The predicted octanol–water partition coefficient (Wildman–Crippen LogP) is 1.16. The molecule has 9 heteroatoms. The summed E-state index contributed by atoms with van der Waals surface area (Å²) in [4.78, 5) is 16.9. The van der Waals surface area contributed by atoms with E-state index in [-0.39, 0.29) is 10.8 Å². The highest BCUT2D eigenvalue weighted by Crippen LogP contribution is 2.16. The third kappa shape index (κ3) is 3.58. The summed E-state index contributed by atoms with van der Waals surface area (Å²) >= 11 is 0. The number of amides is 1. The molecule has 2 rings (SSSR count). The Balaban J connectivity index is 2.19. The molecule has 0 aliphatic rings. The first kappa shape index (κ1) is 17.1. The second-order valence-corrected chi connectivity index (χ2v) is 6.81. The highest BCUT2D eigenvalue weighted by atomic mass is 32.2. The van der Waals surface area contributed by atoms with Crippen LogP contribution < -0.4 is 5.32 Å². The van der Waals surface area contributed by atoms with E-state index in [1.54, 1.807) is 17.8 Å². The molecule has 0 fully saturated rings. The number of hydrogen-bond acceptors (Lipinski definition) is 5. The average molecular weight is 338 g/mol. The van der Waals surface area contributed by atoms with Crippen molar-refractivity contribution in [2.75, 3.05) is 19.5 Å². The molecule has 0 atom stereocenters. The molecule has 2 aromatic rings. The van der Waals surface area contributed by atoms with Gasteiger partial charge in [-0.25, -0.2) is 8.42 Å². The van der Waals surface area contributed by atoms with Crippen LogP contribution in [0.2, 0.25) is 0 Å². The van der Waals surface area contributed by atoms with Gasteiger partial charge < -0.3 is 5.32 Å². The lowest BCUT2D eigenvalue weighted by atomic mass is 10.2. The molecule has 1 amide bonds. The molecular formula is C14H18N4O4S. The Morgan fingerprint density at radius 1 is 1.30 bits per heavy atom. The van der Waals surface area contributed by atoms with Crippen LogP contribution in [0.5, 0.6) is 0 Å². The van der Waals surface area contributed by atoms with Crippen LogP contribution in [0.3, 0.4) is 0 Å². The van der Waals surface area contributed by atoms with Gasteiger partial charge in [0.2, 0.25) is 0 Å². The van der Waals surface area contributed by atoms with E-state index in [1.807, 2.05) is 6.92 Å². The maximum absolute atomic E-state index is 12.2. The number of nitrogens with one attached hydrogen (secondary N) is 1. The zero-order chi connectivity index (χ0) is 17.2. The molecular weight excluding hydrogens is 320 g/mol. The molecule has 0 aliphatic carbocycles. The van der Waals surface area contributed by atoms with Gasteiger partial charge in [-0.3, -0.25) is 14.3 Å². The Labute approximate surface area is 134 Å². The molecule has 0 aliphatic heterocycles. The molecule has 0 unspecified atom stereocenters. The summed E-state index contributed by atoms with van der Waals surface area (Å²) in [7, 11) is 0.544. The Morgan fingerprint density at radius 3 is 2.39 bits per heavy atom. The van der Waals surface area contributed by atoms with Gasteiger partial charge in [0.05, 0.1) is 17.7 Å². The van der Waals surface area contributed by atoms with Crippen LogP contribution in [0.15, 0.2) is 35.2 Å². The predicted molar refractivity (Wildman–Crippen MR) is 84.3 cm³/mol. The van der Waals surface area contributed by atoms with Crippen molar-refractivity contribution in [1.82, 2.24) is 14.2 Å². The number of anilines is 1. The van der Waals surface area contributed by atoms with Gasteiger partial charge in [0.1, 0.15) is 5.82 Å². The molecule has 8 nitrogen and oxygen atoms in total. The quantitative estimate of drug-likeness (QED) is 0.826. The number of aromatic nitrogens is 2. The lowest BCUT2D eigenvalue weighted by Gasteiger charge is -2.14. The zero-order valence-corrected chi connectivity index (χ0v) is 14.1. The lowest BCUT2D eigenvalue weighted by molar-refractivity contribution is -0.0258. The number of nitrogens with zero attached hydrogens (tertiary/aromatic N) is 3. The minimum absolute atomic E-state index is 0.0368. The van der Waals surface area contributed by atoms with Crippen LogP contribution in [-0.4, -0.2) is 42.7 Å². The summed E-state index contributed by atoms with van der Waals surface area (Å²) in [6, 6.07) is 7.33. The fourth-order valence-electron chi connectivity index (χ4n) is 1.94. The molecule has 0 saturated carbocycles. The van der Waals surface area contributed by atoms with Gasteiger partial charge in [-0.05, 0) is 31.2 Å². The molecule has 1 heterocycles. The summed E-state index contributed by atoms with van der Waals surface area (Å²) in [5, 5.41) is 6.85. The van der Waals surface area contributed by atoms with Crippen LogP contribution in [0.25, 0.3) is 0 Å². The fourth-order valence-corrected chi connectivity index (χ4v) is 2.91. The smallest absolute Gasteiger partial charge is 0.264 e. The third-order valence-electron chi connectivity index (χ3n) is 3.25. The van der Waals surface area contributed by atoms with Gasteiger partial charge in [-0.15, -0.1) is 0 Å². The highest BCUT2D eigenvalue weighted by Gasteiger charge is 2.21. The standard InChI is InChI=1S/C14H18N4O4S/c1-10-9-13(17(2)16-10)15-14(19)11-5-7-12(8-6-11)23(20,21)18(3)22-4/h5-9H,1-4H3,(H,15,19). The molecule has 0 spiro atoms. The number of sulfonamides is 1. The highest BCUT2D eigenvalue weighted by molar-refractivity contribution is 7.89. The lowest BCUT2D eigenvalue weighted by Crippen LogP contribution is -2.25. The number of carbonyl (C=O) groups is 1. The van der Waals surface area contributed by atoms with E-state index in [0.29, 0.717) is 11.4 Å². The first-order valence-electron chi connectivity index (χ1n) is 6.71. The number of carbonyl (C=O) groups excluding carboxylic acids is 1. The second-order valence-electron chi connectivity index (χ2n) is 4.87. The van der Waals surface area contributed by atoms with E-state index < -0.39 is 10.0 Å². The van der Waals surface area contributed by atoms with Crippen LogP contribution in [0, 0.1) is 6.92 Å². The maximum Gasteiger partial charge on any atom is 0.264 e. The van der Waals surface area contributed by atoms with Crippen LogP contribution in [0.1, 0.15) is 16.1 Å². The minimum atomic E-state index is -3.73. The number of aryl methyl sites for hydroxylation is 2. The molecule has 0 saturated heterocycles. The van der Waals surface area contributed by atoms with Gasteiger partial charge in [0.15, 0.2) is 0 Å². The third-order valence-corrected chi connectivity index (χ3v) is 4.95. The van der Waals surface area contributed by atoms with Crippen molar-refractivity contribution < 1.29 is 18.0 Å². The molecule has 23 heavy (non-hydrogen) atoms. The molecule has 0 bridgehead atoms. The van der Waals surface area contributed by atoms with Crippen molar-refractivity contribution in [3.63, 3.8) is 0 Å². The number of hydroxylamine groups is 1. The minimum Gasteiger partial charge on any atom is -0.307 e. The Kier molecular flexibility index (Phi) is 4.83. The molecule has 1 aromatic carbocycles. The van der Waals surface area contributed by atoms with E-state index in [1.165, 1.54) is 38.4 Å². The molecule has 1 aromatic heterocycles. The van der Waals surface area contributed by atoms with Crippen molar-refractivity contribution in [3.05, 3.63) is 41.6 Å². The maximum atomic E-state index is 12.2. The van der Waals surface area contributed by atoms with Gasteiger partial charge >= 0.3 is 0 Å². The summed E-state index contributed by atoms with van der Waals surface area (Å²) in [5.74, 6) is 0.209. The van der Waals surface area contributed by atoms with E-state index in [4.69, 9.17) is 4.84 Å². The number of rotatable bonds is 5. The first-order valence-corrected chi connectivity index (χ1v) is 8.15. The fraction of sp³-hybridized carbons (Fsp3) is 0.286. The Morgan fingerprint density at radius 2 is 1.91 bits per heavy atom. The Hall–Kier alpha value is -2.23. The van der Waals surface area contributed by atoms with Crippen LogP contribution >= 0.6 is 0 Å². The second kappa shape index (κ2) is 6.49. The summed E-state index contributed by atoms with van der Waals surface area (Å²) in [5.41, 5.74) is 1.12. The number of benzene rings is 1. The molecule has 0 radical (unpaired) electrons. The van der Waals surface area contributed by atoms with Crippen molar-refractivity contribution >= 4 is 21.7 Å². The van der Waals surface area contributed by atoms with Gasteiger partial charge in [-0.2, -0.15) is 5.10 Å². The largest absolute Gasteiger partial charge is 0.307 e. The monoisotopic (exact) mass is 338 g/mol. The van der Waals surface area contributed by atoms with Crippen molar-refractivity contribution in [2.45, 2.75) is 11.8 Å². The SMILES string of the molecule is CON(C)S(=O)(=O)c1ccc(C(=O)Nc2cc(C)nn2C)cc1. The Bertz CT molecular complexity index is 812.